The SMILES string of the molecule is O=C(O)Cc1ccc(S(=O)(=O)N(CCCO)C2CCC2)s1. The van der Waals surface area contributed by atoms with Crippen LogP contribution < -0.4 is 0 Å². The average molecular weight is 333 g/mol. The van der Waals surface area contributed by atoms with E-state index in [9.17, 15) is 13.2 Å². The highest BCUT2D eigenvalue weighted by atomic mass is 32.2. The maximum absolute atomic E-state index is 12.7. The number of aliphatic hydroxyl groups is 1. The lowest BCUT2D eigenvalue weighted by Gasteiger charge is -2.36. The fraction of sp³-hybridized carbons (Fsp3) is 0.615. The molecule has 2 rings (SSSR count). The van der Waals surface area contributed by atoms with Crippen LogP contribution in [-0.4, -0.2) is 48.1 Å². The molecule has 0 amide bonds. The maximum atomic E-state index is 12.7. The Balaban J connectivity index is 2.20. The molecule has 8 heteroatoms. The number of aliphatic hydroxyl groups excluding tert-OH is 1. The zero-order valence-electron chi connectivity index (χ0n) is 11.6. The van der Waals surface area contributed by atoms with Gasteiger partial charge in [0, 0.05) is 24.1 Å². The summed E-state index contributed by atoms with van der Waals surface area (Å²) in [5.41, 5.74) is 0. The minimum atomic E-state index is -3.60. The number of nitrogens with zero attached hydrogens (tertiary/aromatic N) is 1. The molecule has 2 N–H and O–H groups in total. The molecule has 1 saturated carbocycles. The Morgan fingerprint density at radius 1 is 1.38 bits per heavy atom. The van der Waals surface area contributed by atoms with E-state index in [1.165, 1.54) is 10.4 Å². The van der Waals surface area contributed by atoms with E-state index >= 15 is 0 Å². The number of thiophene rings is 1. The Kier molecular flexibility index (Phi) is 5.37. The fourth-order valence-corrected chi connectivity index (χ4v) is 5.46. The highest BCUT2D eigenvalue weighted by Gasteiger charge is 2.35. The maximum Gasteiger partial charge on any atom is 0.308 e. The van der Waals surface area contributed by atoms with Gasteiger partial charge in [0.05, 0.1) is 6.42 Å². The van der Waals surface area contributed by atoms with Crippen LogP contribution in [0, 0.1) is 0 Å². The monoisotopic (exact) mass is 333 g/mol. The molecule has 0 bridgehead atoms. The molecule has 1 aliphatic rings. The molecular weight excluding hydrogens is 314 g/mol. The molecule has 1 aliphatic carbocycles. The van der Waals surface area contributed by atoms with Gasteiger partial charge in [0.2, 0.25) is 0 Å². The number of carboxylic acid groups (broad SMARTS) is 1. The molecule has 0 spiro atoms. The number of sulfonamides is 1. The molecule has 0 radical (unpaired) electrons. The van der Waals surface area contributed by atoms with Crippen LogP contribution in [0.25, 0.3) is 0 Å². The van der Waals surface area contributed by atoms with Gasteiger partial charge in [0.1, 0.15) is 4.21 Å². The third-order valence-electron chi connectivity index (χ3n) is 3.54. The number of aliphatic carboxylic acids is 1. The number of rotatable bonds is 8. The van der Waals surface area contributed by atoms with Crippen LogP contribution in [0.15, 0.2) is 16.3 Å². The molecule has 0 atom stereocenters. The number of hydrogen-bond acceptors (Lipinski definition) is 5. The van der Waals surface area contributed by atoms with Crippen molar-refractivity contribution in [2.24, 2.45) is 0 Å². The smallest absolute Gasteiger partial charge is 0.308 e. The predicted molar refractivity (Wildman–Crippen MR) is 78.9 cm³/mol. The van der Waals surface area contributed by atoms with Crippen LogP contribution in [0.2, 0.25) is 0 Å². The summed E-state index contributed by atoms with van der Waals surface area (Å²) in [6.45, 7) is 0.253. The molecule has 0 aliphatic heterocycles. The summed E-state index contributed by atoms with van der Waals surface area (Å²) in [5.74, 6) is -0.975. The summed E-state index contributed by atoms with van der Waals surface area (Å²) in [5, 5.41) is 17.7. The zero-order chi connectivity index (χ0) is 15.5. The Bertz CT molecular complexity index is 591. The quantitative estimate of drug-likeness (QED) is 0.748. The molecule has 1 fully saturated rings. The molecule has 0 unspecified atom stereocenters. The van der Waals surface area contributed by atoms with Crippen molar-refractivity contribution >= 4 is 27.3 Å². The third kappa shape index (κ3) is 3.82. The van der Waals surface area contributed by atoms with Gasteiger partial charge in [-0.2, -0.15) is 4.31 Å². The van der Waals surface area contributed by atoms with Crippen molar-refractivity contribution in [3.8, 4) is 0 Å². The summed E-state index contributed by atoms with van der Waals surface area (Å²) in [7, 11) is -3.60. The molecule has 1 aromatic heterocycles. The average Bonchev–Trinajstić information content (AvgIpc) is 2.80. The second-order valence-electron chi connectivity index (χ2n) is 5.07. The van der Waals surface area contributed by atoms with Crippen molar-refractivity contribution in [1.82, 2.24) is 4.31 Å². The van der Waals surface area contributed by atoms with Crippen molar-refractivity contribution in [1.29, 1.82) is 0 Å². The first-order valence-corrected chi connectivity index (χ1v) is 9.14. The third-order valence-corrected chi connectivity index (χ3v) is 7.05. The summed E-state index contributed by atoms with van der Waals surface area (Å²) < 4.78 is 27.0. The first-order chi connectivity index (χ1) is 9.95. The number of carbonyl (C=O) groups is 1. The van der Waals surface area contributed by atoms with Gasteiger partial charge in [-0.3, -0.25) is 4.79 Å². The summed E-state index contributed by atoms with van der Waals surface area (Å²) in [4.78, 5) is 11.2. The van der Waals surface area contributed by atoms with Crippen molar-refractivity contribution < 1.29 is 23.4 Å². The lowest BCUT2D eigenvalue weighted by atomic mass is 9.93. The minimum absolute atomic E-state index is 0.00609. The summed E-state index contributed by atoms with van der Waals surface area (Å²) >= 11 is 1.01. The Hall–Kier alpha value is -0.960. The molecule has 6 nitrogen and oxygen atoms in total. The van der Waals surface area contributed by atoms with Crippen LogP contribution >= 0.6 is 11.3 Å². The molecule has 21 heavy (non-hydrogen) atoms. The lowest BCUT2D eigenvalue weighted by molar-refractivity contribution is -0.136. The second-order valence-corrected chi connectivity index (χ2v) is 8.35. The van der Waals surface area contributed by atoms with Crippen molar-refractivity contribution in [3.05, 3.63) is 17.0 Å². The van der Waals surface area contributed by atoms with Crippen molar-refractivity contribution in [2.45, 2.75) is 42.4 Å². The Labute approximate surface area is 128 Å². The van der Waals surface area contributed by atoms with Crippen molar-refractivity contribution in [2.75, 3.05) is 13.2 Å². The molecule has 1 heterocycles. The van der Waals surface area contributed by atoms with Gasteiger partial charge >= 0.3 is 5.97 Å². The van der Waals surface area contributed by atoms with E-state index in [2.05, 4.69) is 0 Å². The standard InChI is InChI=1S/C13H19NO5S2/c15-8-2-7-14(10-3-1-4-10)21(18,19)13-6-5-11(20-13)9-12(16)17/h5-6,10,15H,1-4,7-9H2,(H,16,17). The molecule has 118 valence electrons. The largest absolute Gasteiger partial charge is 0.481 e. The zero-order valence-corrected chi connectivity index (χ0v) is 13.2. The van der Waals surface area contributed by atoms with Crippen LogP contribution in [0.4, 0.5) is 0 Å². The van der Waals surface area contributed by atoms with Crippen molar-refractivity contribution in [3.63, 3.8) is 0 Å². The first-order valence-electron chi connectivity index (χ1n) is 6.88. The summed E-state index contributed by atoms with van der Waals surface area (Å²) in [6, 6.07) is 3.03. The van der Waals surface area contributed by atoms with Gasteiger partial charge in [-0.15, -0.1) is 11.3 Å². The van der Waals surface area contributed by atoms with Gasteiger partial charge in [0.15, 0.2) is 0 Å². The van der Waals surface area contributed by atoms with E-state index in [0.29, 0.717) is 17.8 Å². The fourth-order valence-electron chi connectivity index (χ4n) is 2.26. The van der Waals surface area contributed by atoms with Crippen LogP contribution in [0.1, 0.15) is 30.6 Å². The number of carboxylic acids is 1. The Morgan fingerprint density at radius 3 is 2.62 bits per heavy atom. The van der Waals surface area contributed by atoms with Gasteiger partial charge in [-0.05, 0) is 31.4 Å². The highest BCUT2D eigenvalue weighted by Crippen LogP contribution is 2.32. The second kappa shape index (κ2) is 6.87. The van der Waals surface area contributed by atoms with E-state index < -0.39 is 16.0 Å². The molecule has 0 aromatic carbocycles. The number of hydrogen-bond donors (Lipinski definition) is 2. The van der Waals surface area contributed by atoms with Gasteiger partial charge < -0.3 is 10.2 Å². The Morgan fingerprint density at radius 2 is 2.10 bits per heavy atom. The van der Waals surface area contributed by atoms with E-state index in [0.717, 1.165) is 30.6 Å². The van der Waals surface area contributed by atoms with Gasteiger partial charge in [-0.25, -0.2) is 8.42 Å². The van der Waals surface area contributed by atoms with E-state index in [1.807, 2.05) is 0 Å². The molecule has 0 saturated heterocycles. The highest BCUT2D eigenvalue weighted by molar-refractivity contribution is 7.91. The van der Waals surface area contributed by atoms with Gasteiger partial charge in [0.25, 0.3) is 10.0 Å². The molecular formula is C13H19NO5S2. The minimum Gasteiger partial charge on any atom is -0.481 e. The molecule has 1 aromatic rings. The normalized spacial score (nSPS) is 16.1. The van der Waals surface area contributed by atoms with E-state index in [-0.39, 0.29) is 23.3 Å². The predicted octanol–water partition coefficient (Wildman–Crippen LogP) is 1.30. The topological polar surface area (TPSA) is 94.9 Å². The van der Waals surface area contributed by atoms with E-state index in [1.54, 1.807) is 6.07 Å². The van der Waals surface area contributed by atoms with Crippen LogP contribution in [0.3, 0.4) is 0 Å². The first kappa shape index (κ1) is 16.4. The van der Waals surface area contributed by atoms with Gasteiger partial charge in [-0.1, -0.05) is 6.42 Å². The lowest BCUT2D eigenvalue weighted by Crippen LogP contribution is -2.44. The summed E-state index contributed by atoms with van der Waals surface area (Å²) in [6.07, 6.45) is 2.95. The van der Waals surface area contributed by atoms with E-state index in [4.69, 9.17) is 10.2 Å². The van der Waals surface area contributed by atoms with Crippen LogP contribution in [-0.2, 0) is 21.2 Å². The van der Waals surface area contributed by atoms with Crippen LogP contribution in [0.5, 0.6) is 0 Å².